The Morgan fingerprint density at radius 2 is 1.94 bits per heavy atom. The Labute approximate surface area is 218 Å². The summed E-state index contributed by atoms with van der Waals surface area (Å²) in [5.41, 5.74) is 3.27. The SMILES string of the molecule is CCOC(=O)[C@H](Cc1ccccc1OC)Oc1ncnc2sc(CC)c(-c3ccc(O)c(Cl)c3C)c12. The molecule has 1 N–H and O–H groups in total. The van der Waals surface area contributed by atoms with Gasteiger partial charge < -0.3 is 19.3 Å². The predicted molar refractivity (Wildman–Crippen MR) is 141 cm³/mol. The summed E-state index contributed by atoms with van der Waals surface area (Å²) >= 11 is 7.92. The van der Waals surface area contributed by atoms with Crippen molar-refractivity contribution < 1.29 is 24.1 Å². The number of rotatable bonds is 9. The molecule has 4 rings (SSSR count). The summed E-state index contributed by atoms with van der Waals surface area (Å²) < 4.78 is 17.1. The Morgan fingerprint density at radius 1 is 1.17 bits per heavy atom. The number of phenolic OH excluding ortho intramolecular Hbond substituents is 1. The summed E-state index contributed by atoms with van der Waals surface area (Å²) in [6, 6.07) is 10.9. The zero-order valence-corrected chi connectivity index (χ0v) is 22.1. The van der Waals surface area contributed by atoms with E-state index in [2.05, 4.69) is 16.9 Å². The third-order valence-electron chi connectivity index (χ3n) is 5.88. The molecule has 0 bridgehead atoms. The molecule has 0 aliphatic heterocycles. The molecule has 7 nitrogen and oxygen atoms in total. The maximum absolute atomic E-state index is 13.0. The molecule has 0 fully saturated rings. The number of esters is 1. The molecule has 0 spiro atoms. The van der Waals surface area contributed by atoms with Gasteiger partial charge in [0.15, 0.2) is 0 Å². The van der Waals surface area contributed by atoms with Crippen molar-refractivity contribution in [2.24, 2.45) is 0 Å². The molecule has 0 radical (unpaired) electrons. The maximum atomic E-state index is 13.0. The normalized spacial score (nSPS) is 11.9. The van der Waals surface area contributed by atoms with Crippen LogP contribution in [0.2, 0.25) is 5.02 Å². The number of methoxy groups -OCH3 is 1. The molecular formula is C27H27ClN2O5S. The van der Waals surface area contributed by atoms with Crippen LogP contribution < -0.4 is 9.47 Å². The topological polar surface area (TPSA) is 90.8 Å². The summed E-state index contributed by atoms with van der Waals surface area (Å²) in [6.45, 7) is 5.89. The molecule has 4 aromatic rings. The number of aryl methyl sites for hydroxylation is 1. The Hall–Kier alpha value is -3.36. The summed E-state index contributed by atoms with van der Waals surface area (Å²) in [7, 11) is 1.59. The first kappa shape index (κ1) is 25.7. The number of ether oxygens (including phenoxy) is 3. The highest BCUT2D eigenvalue weighted by Crippen LogP contribution is 2.45. The van der Waals surface area contributed by atoms with Gasteiger partial charge in [-0.15, -0.1) is 11.3 Å². The number of fused-ring (bicyclic) bond motifs is 1. The number of phenols is 1. The molecular weight excluding hydrogens is 500 g/mol. The second-order valence-electron chi connectivity index (χ2n) is 8.06. The molecule has 0 amide bonds. The predicted octanol–water partition coefficient (Wildman–Crippen LogP) is 6.15. The van der Waals surface area contributed by atoms with Gasteiger partial charge in [-0.25, -0.2) is 14.8 Å². The van der Waals surface area contributed by atoms with E-state index in [4.69, 9.17) is 25.8 Å². The summed E-state index contributed by atoms with van der Waals surface area (Å²) in [6.07, 6.45) is 1.45. The molecule has 0 aliphatic rings. The molecule has 0 saturated heterocycles. The van der Waals surface area contributed by atoms with Crippen LogP contribution >= 0.6 is 22.9 Å². The number of halogens is 1. The number of aromatic nitrogens is 2. The number of nitrogens with zero attached hydrogens (tertiary/aromatic N) is 2. The van der Waals surface area contributed by atoms with Crippen LogP contribution in [0, 0.1) is 6.92 Å². The first-order valence-corrected chi connectivity index (χ1v) is 12.8. The second kappa shape index (κ2) is 11.1. The van der Waals surface area contributed by atoms with E-state index in [0.29, 0.717) is 11.1 Å². The summed E-state index contributed by atoms with van der Waals surface area (Å²) in [4.78, 5) is 23.7. The van der Waals surface area contributed by atoms with Gasteiger partial charge >= 0.3 is 5.97 Å². The van der Waals surface area contributed by atoms with E-state index in [-0.39, 0.29) is 29.7 Å². The second-order valence-corrected chi connectivity index (χ2v) is 9.52. The van der Waals surface area contributed by atoms with E-state index in [1.54, 1.807) is 20.1 Å². The highest BCUT2D eigenvalue weighted by molar-refractivity contribution is 7.19. The standard InChI is InChI=1S/C27H27ClN2O5S/c1-5-21-22(17-11-12-18(31)24(28)15(17)3)23-25(29-14-30-26(23)36-21)35-20(27(32)34-6-2)13-16-9-7-8-10-19(16)33-4/h7-12,14,20,31H,5-6,13H2,1-4H3/t20-/m0/s1. The van der Waals surface area contributed by atoms with Crippen LogP contribution in [-0.2, 0) is 22.4 Å². The highest BCUT2D eigenvalue weighted by atomic mass is 35.5. The third-order valence-corrected chi connectivity index (χ3v) is 7.60. The van der Waals surface area contributed by atoms with Gasteiger partial charge in [0.05, 0.1) is 24.1 Å². The molecule has 1 atom stereocenters. The van der Waals surface area contributed by atoms with Gasteiger partial charge in [0, 0.05) is 16.9 Å². The quantitative estimate of drug-likeness (QED) is 0.261. The van der Waals surface area contributed by atoms with Crippen LogP contribution in [-0.4, -0.2) is 40.9 Å². The number of aromatic hydroxyl groups is 1. The van der Waals surface area contributed by atoms with Crippen LogP contribution in [0.5, 0.6) is 17.4 Å². The Balaban J connectivity index is 1.85. The lowest BCUT2D eigenvalue weighted by molar-refractivity contribution is -0.151. The van der Waals surface area contributed by atoms with Crippen LogP contribution in [0.15, 0.2) is 42.7 Å². The first-order valence-electron chi connectivity index (χ1n) is 11.6. The number of benzene rings is 2. The minimum absolute atomic E-state index is 0.0161. The lowest BCUT2D eigenvalue weighted by Gasteiger charge is -2.19. The fourth-order valence-corrected chi connectivity index (χ4v) is 5.38. The minimum Gasteiger partial charge on any atom is -0.506 e. The number of para-hydroxylation sites is 1. The van der Waals surface area contributed by atoms with E-state index in [0.717, 1.165) is 38.4 Å². The number of hydrogen-bond donors (Lipinski definition) is 1. The molecule has 2 heterocycles. The van der Waals surface area contributed by atoms with Crippen molar-refractivity contribution in [2.45, 2.75) is 39.7 Å². The highest BCUT2D eigenvalue weighted by Gasteiger charge is 2.28. The Morgan fingerprint density at radius 3 is 2.67 bits per heavy atom. The lowest BCUT2D eigenvalue weighted by atomic mass is 9.97. The fraction of sp³-hybridized carbons (Fsp3) is 0.296. The van der Waals surface area contributed by atoms with Crippen molar-refractivity contribution in [3.63, 3.8) is 0 Å². The minimum atomic E-state index is -0.957. The molecule has 9 heteroatoms. The van der Waals surface area contributed by atoms with Crippen LogP contribution in [0.3, 0.4) is 0 Å². The van der Waals surface area contributed by atoms with Gasteiger partial charge in [0.1, 0.15) is 22.7 Å². The van der Waals surface area contributed by atoms with Crippen molar-refractivity contribution in [3.8, 4) is 28.5 Å². The van der Waals surface area contributed by atoms with Crippen LogP contribution in [0.4, 0.5) is 0 Å². The van der Waals surface area contributed by atoms with E-state index < -0.39 is 12.1 Å². The number of carbonyl (C=O) groups is 1. The monoisotopic (exact) mass is 526 g/mol. The number of hydrogen-bond acceptors (Lipinski definition) is 8. The fourth-order valence-electron chi connectivity index (χ4n) is 4.13. The van der Waals surface area contributed by atoms with Gasteiger partial charge in [-0.05, 0) is 49.1 Å². The van der Waals surface area contributed by atoms with Crippen molar-refractivity contribution in [1.29, 1.82) is 0 Å². The number of thiophene rings is 1. The lowest BCUT2D eigenvalue weighted by Crippen LogP contribution is -2.32. The van der Waals surface area contributed by atoms with Gasteiger partial charge in [-0.1, -0.05) is 42.8 Å². The average molecular weight is 527 g/mol. The molecule has 2 aromatic carbocycles. The van der Waals surface area contributed by atoms with Gasteiger partial charge in [0.25, 0.3) is 0 Å². The van der Waals surface area contributed by atoms with E-state index in [9.17, 15) is 9.90 Å². The van der Waals surface area contributed by atoms with E-state index in [1.165, 1.54) is 17.7 Å². The van der Waals surface area contributed by atoms with Crippen LogP contribution in [0.25, 0.3) is 21.3 Å². The summed E-state index contributed by atoms with van der Waals surface area (Å²) in [5, 5.41) is 11.1. The average Bonchev–Trinajstić information content (AvgIpc) is 3.27. The molecule has 0 aliphatic carbocycles. The molecule has 36 heavy (non-hydrogen) atoms. The largest absolute Gasteiger partial charge is 0.506 e. The number of carbonyl (C=O) groups excluding carboxylic acids is 1. The molecule has 0 saturated carbocycles. The zero-order valence-electron chi connectivity index (χ0n) is 20.5. The molecule has 0 unspecified atom stereocenters. The van der Waals surface area contributed by atoms with Gasteiger partial charge in [-0.2, -0.15) is 0 Å². The smallest absolute Gasteiger partial charge is 0.347 e. The van der Waals surface area contributed by atoms with E-state index in [1.807, 2.05) is 37.3 Å². The third kappa shape index (κ3) is 4.96. The van der Waals surface area contributed by atoms with E-state index >= 15 is 0 Å². The summed E-state index contributed by atoms with van der Waals surface area (Å²) in [5.74, 6) is 0.457. The van der Waals surface area contributed by atoms with Crippen molar-refractivity contribution >= 4 is 39.1 Å². The van der Waals surface area contributed by atoms with Gasteiger partial charge in [-0.3, -0.25) is 0 Å². The van der Waals surface area contributed by atoms with Crippen molar-refractivity contribution in [3.05, 3.63) is 63.8 Å². The molecule has 2 aromatic heterocycles. The first-order chi connectivity index (χ1) is 17.4. The zero-order chi connectivity index (χ0) is 25.8. The Bertz CT molecular complexity index is 1400. The van der Waals surface area contributed by atoms with Crippen molar-refractivity contribution in [2.75, 3.05) is 13.7 Å². The maximum Gasteiger partial charge on any atom is 0.347 e. The van der Waals surface area contributed by atoms with Gasteiger partial charge in [0.2, 0.25) is 12.0 Å². The Kier molecular flexibility index (Phi) is 7.96. The van der Waals surface area contributed by atoms with Crippen molar-refractivity contribution in [1.82, 2.24) is 9.97 Å². The molecule has 188 valence electrons. The van der Waals surface area contributed by atoms with Crippen LogP contribution in [0.1, 0.15) is 29.9 Å².